The fraction of sp³-hybridized carbons (Fsp3) is 0.758. The standard InChI is InChI=1S/C66H95N3O7/c1-61(75)26-10-11-27-62(2)58-52(69-38-61)35-65(28-29-70)54(66(58,43-16-7-8-17-43)34-49(59(62)74)42-30-39(37-68-5)31-45(71)33-42)25-24-51-56(53(72)36-63(51,65)3)55-47-19-9-6-14-40(47)22-23-48(55)57(73)60-64(4,76-60)50-21-13-20-46(50)41-15-12-18-44(67)32-41/h12,15,18,30-33,40,43,46-50,52,54-55,57-58,60,68-71,73,75H,6-11,13-14,16-17,19-29,34-38,67H2,1-5H3. The summed E-state index contributed by atoms with van der Waals surface area (Å²) in [5, 5.41) is 55.9. The van der Waals surface area contributed by atoms with Crippen molar-refractivity contribution < 1.29 is 34.8 Å². The van der Waals surface area contributed by atoms with Crippen LogP contribution in [0.2, 0.25) is 0 Å². The summed E-state index contributed by atoms with van der Waals surface area (Å²) in [6.07, 6.45) is 20.8. The first-order valence-electron chi connectivity index (χ1n) is 31.0. The molecule has 0 amide bonds. The number of rotatable bonds is 11. The molecule has 10 nitrogen and oxygen atoms in total. The number of benzene rings is 2. The number of ketones is 2. The highest BCUT2D eigenvalue weighted by Gasteiger charge is 2.76. The Labute approximate surface area is 455 Å². The van der Waals surface area contributed by atoms with Crippen molar-refractivity contribution in [3.05, 3.63) is 70.3 Å². The first kappa shape index (κ1) is 53.5. The Kier molecular flexibility index (Phi) is 14.0. The van der Waals surface area contributed by atoms with Crippen LogP contribution in [-0.4, -0.2) is 81.6 Å². The van der Waals surface area contributed by atoms with E-state index in [1.165, 1.54) is 24.0 Å². The highest BCUT2D eigenvalue weighted by Crippen LogP contribution is 2.79. The van der Waals surface area contributed by atoms with Crippen LogP contribution in [-0.2, 0) is 20.9 Å². The van der Waals surface area contributed by atoms with E-state index in [9.17, 15) is 20.4 Å². The number of phenols is 1. The maximum absolute atomic E-state index is 16.1. The zero-order valence-electron chi connectivity index (χ0n) is 47.0. The third-order valence-electron chi connectivity index (χ3n) is 24.8. The number of hydrogen-bond donors (Lipinski definition) is 7. The predicted octanol–water partition coefficient (Wildman–Crippen LogP) is 11.2. The van der Waals surface area contributed by atoms with Gasteiger partial charge in [-0.2, -0.15) is 0 Å². The number of aliphatic hydroxyl groups is 3. The Morgan fingerprint density at radius 1 is 0.855 bits per heavy atom. The molecule has 18 atom stereocenters. The van der Waals surface area contributed by atoms with E-state index in [2.05, 4.69) is 55.7 Å². The van der Waals surface area contributed by atoms with Crippen molar-refractivity contribution in [2.24, 2.45) is 69.0 Å². The molecule has 76 heavy (non-hydrogen) atoms. The van der Waals surface area contributed by atoms with Crippen LogP contribution >= 0.6 is 0 Å². The van der Waals surface area contributed by atoms with Crippen LogP contribution in [0.3, 0.4) is 0 Å². The third-order valence-corrected chi connectivity index (χ3v) is 24.8. The van der Waals surface area contributed by atoms with E-state index in [0.717, 1.165) is 132 Å². The smallest absolute Gasteiger partial charge is 0.160 e. The van der Waals surface area contributed by atoms with Crippen LogP contribution in [0.5, 0.6) is 5.75 Å². The second-order valence-electron chi connectivity index (χ2n) is 28.5. The van der Waals surface area contributed by atoms with Crippen molar-refractivity contribution in [3.63, 3.8) is 0 Å². The number of epoxide rings is 1. The number of nitrogens with one attached hydrogen (secondary N) is 2. The fourth-order valence-corrected chi connectivity index (χ4v) is 21.9. The third kappa shape index (κ3) is 8.33. The molecule has 7 saturated carbocycles. The topological polar surface area (TPSA) is 178 Å². The summed E-state index contributed by atoms with van der Waals surface area (Å²) < 4.78 is 6.91. The molecule has 416 valence electrons. The van der Waals surface area contributed by atoms with Gasteiger partial charge in [-0.25, -0.2) is 0 Å². The summed E-state index contributed by atoms with van der Waals surface area (Å²) in [6.45, 7) is 10.0. The zero-order chi connectivity index (χ0) is 53.2. The number of anilines is 1. The number of carbonyl (C=O) groups excluding carboxylic acids is 2. The second-order valence-corrected chi connectivity index (χ2v) is 28.5. The van der Waals surface area contributed by atoms with Crippen LogP contribution in [0, 0.1) is 69.0 Å². The van der Waals surface area contributed by atoms with E-state index in [1.807, 2.05) is 32.2 Å². The Bertz CT molecular complexity index is 2570. The molecule has 18 unspecified atom stereocenters. The highest BCUT2D eigenvalue weighted by atomic mass is 16.6. The summed E-state index contributed by atoms with van der Waals surface area (Å²) in [5.74, 6) is 2.24. The van der Waals surface area contributed by atoms with Crippen LogP contribution in [0.1, 0.15) is 204 Å². The summed E-state index contributed by atoms with van der Waals surface area (Å²) in [5.41, 5.74) is 9.31. The van der Waals surface area contributed by atoms with Gasteiger partial charge in [0.05, 0.1) is 17.3 Å². The molecule has 8 N–H and O–H groups in total. The van der Waals surface area contributed by atoms with Crippen molar-refractivity contribution in [3.8, 4) is 5.75 Å². The van der Waals surface area contributed by atoms with E-state index >= 15 is 9.59 Å². The van der Waals surface area contributed by atoms with Crippen LogP contribution in [0.25, 0.3) is 0 Å². The zero-order valence-corrected chi connectivity index (χ0v) is 47.0. The van der Waals surface area contributed by atoms with Crippen molar-refractivity contribution >= 4 is 17.3 Å². The van der Waals surface area contributed by atoms with E-state index in [0.29, 0.717) is 68.2 Å². The lowest BCUT2D eigenvalue weighted by Gasteiger charge is -2.74. The van der Waals surface area contributed by atoms with E-state index in [-0.39, 0.29) is 65.3 Å². The largest absolute Gasteiger partial charge is 0.508 e. The average Bonchev–Trinajstić information content (AvgIpc) is 3.99. The number of nitrogen functional groups attached to an aromatic ring is 1. The predicted molar refractivity (Wildman–Crippen MR) is 298 cm³/mol. The molecule has 2 aromatic rings. The first-order chi connectivity index (χ1) is 36.4. The minimum atomic E-state index is -0.918. The highest BCUT2D eigenvalue weighted by molar-refractivity contribution is 6.01. The number of hydrogen-bond acceptors (Lipinski definition) is 10. The SMILES string of the molecule is CNCc1cc(O)cc(C2CC3(C4CCCC4)C4C(CC5(CCO)C3CCC3=C(C6C7CCCCC7CCC6C(O)C6OC6(C)C6CCCC6c6cccc(N)c6)C(=O)CC35C)NCC(C)(O)CCCCC4(C)C2=O)c1. The molecule has 12 rings (SSSR count). The average molecular weight is 1040 g/mol. The molecule has 2 saturated heterocycles. The summed E-state index contributed by atoms with van der Waals surface area (Å²) in [6, 6.07) is 14.2. The molecule has 0 spiro atoms. The maximum Gasteiger partial charge on any atom is 0.160 e. The van der Waals surface area contributed by atoms with Crippen molar-refractivity contribution in [2.45, 2.75) is 223 Å². The Morgan fingerprint density at radius 2 is 1.63 bits per heavy atom. The normalized spacial score (nSPS) is 45.0. The Balaban J connectivity index is 0.988. The molecule has 10 heteroatoms. The van der Waals surface area contributed by atoms with Crippen molar-refractivity contribution in [1.82, 2.24) is 10.6 Å². The summed E-state index contributed by atoms with van der Waals surface area (Å²) in [7, 11) is 1.92. The Morgan fingerprint density at radius 3 is 2.41 bits per heavy atom. The van der Waals surface area contributed by atoms with Gasteiger partial charge < -0.3 is 41.5 Å². The number of allylic oxidation sites excluding steroid dienone is 2. The number of carbonyl (C=O) groups is 2. The van der Waals surface area contributed by atoms with E-state index in [1.54, 1.807) is 0 Å². The quantitative estimate of drug-likeness (QED) is 0.0847. The van der Waals surface area contributed by atoms with Gasteiger partial charge >= 0.3 is 0 Å². The molecule has 0 radical (unpaired) electrons. The van der Waals surface area contributed by atoms with E-state index < -0.39 is 39.5 Å². The number of phenolic OH excluding ortho intramolecular Hbond substituents is 1. The van der Waals surface area contributed by atoms with E-state index in [4.69, 9.17) is 10.5 Å². The van der Waals surface area contributed by atoms with Crippen LogP contribution in [0.4, 0.5) is 5.69 Å². The lowest BCUT2D eigenvalue weighted by atomic mass is 9.30. The molecule has 0 aromatic heterocycles. The van der Waals surface area contributed by atoms with Crippen LogP contribution < -0.4 is 16.4 Å². The fourth-order valence-electron chi connectivity index (χ4n) is 21.9. The van der Waals surface area contributed by atoms with Crippen LogP contribution in [0.15, 0.2) is 53.6 Å². The molecule has 2 aliphatic heterocycles. The van der Waals surface area contributed by atoms with Crippen molar-refractivity contribution in [1.29, 1.82) is 0 Å². The molecule has 9 fully saturated rings. The van der Waals surface area contributed by atoms with Gasteiger partial charge in [-0.3, -0.25) is 9.59 Å². The number of ether oxygens (including phenoxy) is 1. The molecular weight excluding hydrogens is 947 g/mol. The van der Waals surface area contributed by atoms with Gasteiger partial charge in [-0.15, -0.1) is 0 Å². The van der Waals surface area contributed by atoms with Gasteiger partial charge in [0.1, 0.15) is 17.6 Å². The summed E-state index contributed by atoms with van der Waals surface area (Å²) in [4.78, 5) is 32.1. The minimum absolute atomic E-state index is 0.00444. The lowest BCUT2D eigenvalue weighted by Crippen LogP contribution is -2.73. The lowest BCUT2D eigenvalue weighted by molar-refractivity contribution is -0.231. The van der Waals surface area contributed by atoms with Gasteiger partial charge in [-0.1, -0.05) is 89.0 Å². The van der Waals surface area contributed by atoms with Crippen molar-refractivity contribution in [2.75, 3.05) is 25.9 Å². The van der Waals surface area contributed by atoms with Gasteiger partial charge in [-0.05, 0) is 221 Å². The molecule has 2 heterocycles. The number of nitrogens with two attached hydrogens (primary N) is 1. The minimum Gasteiger partial charge on any atom is -0.508 e. The first-order valence-corrected chi connectivity index (χ1v) is 31.0. The van der Waals surface area contributed by atoms with Gasteiger partial charge in [0, 0.05) is 54.6 Å². The molecule has 10 aliphatic rings. The molecule has 0 bridgehead atoms. The summed E-state index contributed by atoms with van der Waals surface area (Å²) >= 11 is 0. The van der Waals surface area contributed by atoms with Gasteiger partial charge in [0.2, 0.25) is 0 Å². The molecule has 8 aliphatic carbocycles. The number of Topliss-reactive ketones (excluding diaryl/α,β-unsaturated/α-hetero) is 2. The monoisotopic (exact) mass is 1040 g/mol. The molecular formula is C66H95N3O7. The maximum atomic E-state index is 16.1. The number of fused-ring (bicyclic) bond motifs is 5. The van der Waals surface area contributed by atoms with Gasteiger partial charge in [0.15, 0.2) is 5.78 Å². The Hall–Kier alpha value is -3.12. The number of β-amino-alcohol motifs (C(OH)–C–C–N with tert-alkyl or cyclic N) is 1. The van der Waals surface area contributed by atoms with Gasteiger partial charge in [0.25, 0.3) is 0 Å². The number of aliphatic hydroxyl groups excluding tert-OH is 2. The molecule has 2 aromatic carbocycles. The number of aromatic hydroxyl groups is 1. The second kappa shape index (κ2) is 19.8.